The van der Waals surface area contributed by atoms with Crippen molar-refractivity contribution in [2.45, 2.75) is 36.3 Å². The van der Waals surface area contributed by atoms with Gasteiger partial charge >= 0.3 is 12.4 Å². The summed E-state index contributed by atoms with van der Waals surface area (Å²) in [7, 11) is -3.79. The fourth-order valence-corrected chi connectivity index (χ4v) is 7.12. The highest BCUT2D eigenvalue weighted by Crippen LogP contribution is 2.32. The Kier molecular flexibility index (Phi) is 7.98. The minimum Gasteiger partial charge on any atom is -0.489 e. The van der Waals surface area contributed by atoms with Crippen LogP contribution in [0.25, 0.3) is 21.5 Å². The number of thiophene rings is 1. The number of halogens is 6. The Morgan fingerprint density at radius 1 is 1.14 bits per heavy atom. The number of hydrogen-bond acceptors (Lipinski definition) is 8. The summed E-state index contributed by atoms with van der Waals surface area (Å²) < 4.78 is 98.2. The molecule has 0 amide bonds. The van der Waals surface area contributed by atoms with Crippen molar-refractivity contribution in [3.05, 3.63) is 58.3 Å². The first-order valence-electron chi connectivity index (χ1n) is 12.4. The fraction of sp³-hybridized carbons (Fsp3) is 0.308. The lowest BCUT2D eigenvalue weighted by atomic mass is 10.2. The molecule has 42 heavy (non-hydrogen) atoms. The molecule has 1 aliphatic rings. The second-order valence-electron chi connectivity index (χ2n) is 9.64. The highest BCUT2D eigenvalue weighted by Gasteiger charge is 2.34. The Morgan fingerprint density at radius 3 is 2.52 bits per heavy atom. The summed E-state index contributed by atoms with van der Waals surface area (Å²) in [5, 5.41) is 7.33. The molecule has 0 saturated carbocycles. The van der Waals surface area contributed by atoms with E-state index in [4.69, 9.17) is 4.74 Å². The van der Waals surface area contributed by atoms with Gasteiger partial charge in [-0.2, -0.15) is 31.3 Å². The smallest absolute Gasteiger partial charge is 0.406 e. The molecule has 2 atom stereocenters. The van der Waals surface area contributed by atoms with Crippen molar-refractivity contribution in [1.29, 1.82) is 0 Å². The molecule has 0 spiro atoms. The second kappa shape index (κ2) is 11.2. The van der Waals surface area contributed by atoms with E-state index in [-0.39, 0.29) is 38.4 Å². The number of nitrogens with one attached hydrogen (secondary N) is 2. The van der Waals surface area contributed by atoms with Crippen LogP contribution in [0, 0.1) is 0 Å². The van der Waals surface area contributed by atoms with Gasteiger partial charge in [0.15, 0.2) is 0 Å². The maximum absolute atomic E-state index is 13.5. The number of anilines is 2. The molecular formula is C26H23F6N5O3S2. The van der Waals surface area contributed by atoms with Crippen molar-refractivity contribution in [3.8, 4) is 16.2 Å². The van der Waals surface area contributed by atoms with Crippen LogP contribution in [0.2, 0.25) is 0 Å². The molecule has 0 aliphatic carbocycles. The lowest BCUT2D eigenvalue weighted by molar-refractivity contribution is -0.140. The SMILES string of the molecule is C=S(=O)(CC(F)(F)F)c1csc(-c2cc3cnc(Nc4ccc(OC5CCNC5)cc4)nc3n(CC(F)(F)F)c2=O)c1. The Labute approximate surface area is 239 Å². The van der Waals surface area contributed by atoms with E-state index in [1.807, 2.05) is 0 Å². The molecule has 1 fully saturated rings. The molecule has 224 valence electrons. The standard InChI is InChI=1S/C26H23F6N5O3S2/c1-42(39,14-26(30,31)32)19-9-21(41-12-19)20-8-15-10-34-24(36-22(15)37(23(20)38)13-25(27,28)29)35-16-2-4-17(5-3-16)40-18-6-7-33-11-18/h2-5,8-10,12,18,33H,1,6-7,11,13-14H2,(H,34,35,36). The molecule has 1 aliphatic heterocycles. The van der Waals surface area contributed by atoms with Gasteiger partial charge in [0, 0.05) is 48.5 Å². The zero-order chi connectivity index (χ0) is 30.3. The first kappa shape index (κ1) is 29.8. The molecule has 0 radical (unpaired) electrons. The van der Waals surface area contributed by atoms with Crippen LogP contribution < -0.4 is 20.9 Å². The molecule has 2 unspecified atom stereocenters. The van der Waals surface area contributed by atoms with Gasteiger partial charge in [0.05, 0.1) is 5.56 Å². The highest BCUT2D eigenvalue weighted by atomic mass is 32.2. The van der Waals surface area contributed by atoms with Gasteiger partial charge in [-0.15, -0.1) is 11.3 Å². The first-order valence-corrected chi connectivity index (χ1v) is 15.2. The summed E-state index contributed by atoms with van der Waals surface area (Å²) in [6, 6.07) is 9.15. The Balaban J connectivity index is 1.48. The minimum atomic E-state index is -4.80. The molecule has 3 aromatic heterocycles. The zero-order valence-electron chi connectivity index (χ0n) is 21.6. The normalized spacial score (nSPS) is 17.3. The van der Waals surface area contributed by atoms with Gasteiger partial charge in [-0.05, 0) is 55.2 Å². The fourth-order valence-electron chi connectivity index (χ4n) is 4.39. The maximum atomic E-state index is 13.5. The number of alkyl halides is 6. The van der Waals surface area contributed by atoms with Crippen LogP contribution in [0.15, 0.2) is 57.7 Å². The molecule has 0 bridgehead atoms. The quantitative estimate of drug-likeness (QED) is 0.204. The van der Waals surface area contributed by atoms with E-state index < -0.39 is 39.7 Å². The van der Waals surface area contributed by atoms with E-state index in [1.165, 1.54) is 12.3 Å². The number of fused-ring (bicyclic) bond motifs is 1. The van der Waals surface area contributed by atoms with Crippen LogP contribution in [0.4, 0.5) is 38.0 Å². The van der Waals surface area contributed by atoms with Gasteiger partial charge < -0.3 is 15.4 Å². The Morgan fingerprint density at radius 2 is 1.88 bits per heavy atom. The van der Waals surface area contributed by atoms with Crippen LogP contribution in [0.5, 0.6) is 5.75 Å². The van der Waals surface area contributed by atoms with E-state index in [0.29, 0.717) is 16.0 Å². The number of ether oxygens (including phenoxy) is 1. The maximum Gasteiger partial charge on any atom is 0.406 e. The average Bonchev–Trinajstić information content (AvgIpc) is 3.58. The molecule has 16 heteroatoms. The third-order valence-corrected chi connectivity index (χ3v) is 9.26. The number of benzene rings is 1. The summed E-state index contributed by atoms with van der Waals surface area (Å²) in [5.41, 5.74) is -1.09. The molecule has 2 N–H and O–H groups in total. The first-order chi connectivity index (χ1) is 19.7. The summed E-state index contributed by atoms with van der Waals surface area (Å²) in [5.74, 6) is 2.09. The Hall–Kier alpha value is -3.63. The number of nitrogens with zero attached hydrogens (tertiary/aromatic N) is 3. The van der Waals surface area contributed by atoms with Crippen molar-refractivity contribution < 1.29 is 35.3 Å². The van der Waals surface area contributed by atoms with Gasteiger partial charge in [0.1, 0.15) is 29.8 Å². The predicted molar refractivity (Wildman–Crippen MR) is 149 cm³/mol. The molecule has 4 heterocycles. The van der Waals surface area contributed by atoms with Gasteiger partial charge in [-0.1, -0.05) is 0 Å². The van der Waals surface area contributed by atoms with Crippen LogP contribution in [-0.4, -0.2) is 61.9 Å². The third-order valence-electron chi connectivity index (χ3n) is 6.26. The van der Waals surface area contributed by atoms with E-state index in [0.717, 1.165) is 42.3 Å². The summed E-state index contributed by atoms with van der Waals surface area (Å²) in [6.45, 7) is -0.0554. The van der Waals surface area contributed by atoms with E-state index in [2.05, 4.69) is 26.5 Å². The van der Waals surface area contributed by atoms with Gasteiger partial charge in [-0.25, -0.2) is 4.98 Å². The second-order valence-corrected chi connectivity index (χ2v) is 12.9. The third kappa shape index (κ3) is 7.04. The number of rotatable bonds is 8. The van der Waals surface area contributed by atoms with Crippen molar-refractivity contribution in [3.63, 3.8) is 0 Å². The van der Waals surface area contributed by atoms with E-state index >= 15 is 0 Å². The monoisotopic (exact) mass is 631 g/mol. The zero-order valence-corrected chi connectivity index (χ0v) is 23.2. The van der Waals surface area contributed by atoms with Crippen LogP contribution >= 0.6 is 11.3 Å². The summed E-state index contributed by atoms with van der Waals surface area (Å²) in [4.78, 5) is 21.4. The molecule has 8 nitrogen and oxygen atoms in total. The van der Waals surface area contributed by atoms with Crippen LogP contribution in [0.3, 0.4) is 0 Å². The molecule has 1 saturated heterocycles. The largest absolute Gasteiger partial charge is 0.489 e. The van der Waals surface area contributed by atoms with E-state index in [1.54, 1.807) is 24.3 Å². The molecule has 5 rings (SSSR count). The predicted octanol–water partition coefficient (Wildman–Crippen LogP) is 5.20. The van der Waals surface area contributed by atoms with Gasteiger partial charge in [0.2, 0.25) is 5.95 Å². The Bertz CT molecular complexity index is 1760. The van der Waals surface area contributed by atoms with Crippen LogP contribution in [0.1, 0.15) is 6.42 Å². The molecule has 4 aromatic rings. The van der Waals surface area contributed by atoms with E-state index in [9.17, 15) is 35.3 Å². The highest BCUT2D eigenvalue weighted by molar-refractivity contribution is 8.00. The topological polar surface area (TPSA) is 98.1 Å². The molecule has 1 aromatic carbocycles. The lowest BCUT2D eigenvalue weighted by Crippen LogP contribution is -2.30. The van der Waals surface area contributed by atoms with Crippen molar-refractivity contribution in [2.24, 2.45) is 0 Å². The summed E-state index contributed by atoms with van der Waals surface area (Å²) in [6.07, 6.45) is -7.38. The van der Waals surface area contributed by atoms with Crippen molar-refractivity contribution in [2.75, 3.05) is 24.2 Å². The number of pyridine rings is 1. The number of hydrogen-bond donors (Lipinski definition) is 2. The van der Waals surface area contributed by atoms with Crippen LogP contribution in [-0.2, 0) is 16.1 Å². The lowest BCUT2D eigenvalue weighted by Gasteiger charge is -2.15. The minimum absolute atomic E-state index is 0.0317. The van der Waals surface area contributed by atoms with Crippen molar-refractivity contribution >= 4 is 49.4 Å². The van der Waals surface area contributed by atoms with Crippen molar-refractivity contribution in [1.82, 2.24) is 19.9 Å². The van der Waals surface area contributed by atoms with Gasteiger partial charge in [-0.3, -0.25) is 13.6 Å². The summed E-state index contributed by atoms with van der Waals surface area (Å²) >= 11 is 0.773. The number of aromatic nitrogens is 3. The van der Waals surface area contributed by atoms with Gasteiger partial charge in [0.25, 0.3) is 5.56 Å². The molecular weight excluding hydrogens is 608 g/mol. The average molecular weight is 632 g/mol.